The molecule has 15 heavy (non-hydrogen) atoms. The first-order chi connectivity index (χ1) is 7.11. The Morgan fingerprint density at radius 1 is 1.67 bits per heavy atom. The summed E-state index contributed by atoms with van der Waals surface area (Å²) in [5.74, 6) is -0.946. The van der Waals surface area contributed by atoms with Gasteiger partial charge in [-0.3, -0.25) is 4.79 Å². The Morgan fingerprint density at radius 2 is 2.33 bits per heavy atom. The number of methoxy groups -OCH3 is 1. The number of aromatic hydroxyl groups is 1. The van der Waals surface area contributed by atoms with E-state index < -0.39 is 12.0 Å². The van der Waals surface area contributed by atoms with Gasteiger partial charge in [-0.1, -0.05) is 12.1 Å². The fraction of sp³-hybridized carbons (Fsp3) is 0.200. The number of esters is 1. The van der Waals surface area contributed by atoms with Crippen molar-refractivity contribution in [1.82, 2.24) is 0 Å². The summed E-state index contributed by atoms with van der Waals surface area (Å²) in [6, 6.07) is 5.15. The van der Waals surface area contributed by atoms with E-state index >= 15 is 0 Å². The van der Waals surface area contributed by atoms with E-state index in [0.717, 1.165) is 0 Å². The van der Waals surface area contributed by atoms with Gasteiger partial charge in [-0.2, -0.15) is 5.26 Å². The van der Waals surface area contributed by atoms with Crippen molar-refractivity contribution < 1.29 is 14.6 Å². The lowest BCUT2D eigenvalue weighted by Gasteiger charge is -2.11. The molecule has 0 saturated heterocycles. The zero-order valence-corrected chi connectivity index (χ0v) is 8.10. The van der Waals surface area contributed by atoms with Crippen LogP contribution >= 0.6 is 0 Å². The fourth-order valence-corrected chi connectivity index (χ4v) is 1.16. The van der Waals surface area contributed by atoms with Gasteiger partial charge in [-0.25, -0.2) is 0 Å². The number of hydrogen-bond acceptors (Lipinski definition) is 5. The zero-order chi connectivity index (χ0) is 11.4. The number of carbonyl (C=O) groups is 1. The standard InChI is InChI=1S/C10H10N2O3/c1-15-10(14)8(12)7-4-2-3-6(5-11)9(7)13/h2-4,8,13H,12H2,1H3/t8-/m0/s1. The van der Waals surface area contributed by atoms with Crippen LogP contribution in [-0.4, -0.2) is 18.2 Å². The number of nitriles is 1. The minimum absolute atomic E-state index is 0.0758. The largest absolute Gasteiger partial charge is 0.506 e. The summed E-state index contributed by atoms with van der Waals surface area (Å²) in [6.45, 7) is 0. The average molecular weight is 206 g/mol. The highest BCUT2D eigenvalue weighted by atomic mass is 16.5. The number of carbonyl (C=O) groups excluding carboxylic acids is 1. The topological polar surface area (TPSA) is 96.3 Å². The van der Waals surface area contributed by atoms with Gasteiger partial charge in [-0.05, 0) is 6.07 Å². The molecule has 0 saturated carbocycles. The number of phenols is 1. The van der Waals surface area contributed by atoms with E-state index in [9.17, 15) is 9.90 Å². The second-order valence-corrected chi connectivity index (χ2v) is 2.86. The molecule has 0 bridgehead atoms. The van der Waals surface area contributed by atoms with Gasteiger partial charge >= 0.3 is 5.97 Å². The maximum absolute atomic E-state index is 11.1. The molecule has 78 valence electrons. The molecule has 0 aliphatic rings. The third-order valence-electron chi connectivity index (χ3n) is 1.98. The van der Waals surface area contributed by atoms with E-state index in [1.807, 2.05) is 0 Å². The number of nitrogens with zero attached hydrogens (tertiary/aromatic N) is 1. The molecule has 0 amide bonds. The normalized spacial score (nSPS) is 11.5. The van der Waals surface area contributed by atoms with Crippen LogP contribution in [0.4, 0.5) is 0 Å². The van der Waals surface area contributed by atoms with E-state index in [4.69, 9.17) is 11.0 Å². The van der Waals surface area contributed by atoms with E-state index in [-0.39, 0.29) is 16.9 Å². The van der Waals surface area contributed by atoms with Crippen molar-refractivity contribution in [3.05, 3.63) is 29.3 Å². The lowest BCUT2D eigenvalue weighted by Crippen LogP contribution is -2.22. The van der Waals surface area contributed by atoms with Crippen molar-refractivity contribution in [1.29, 1.82) is 5.26 Å². The molecule has 0 aliphatic heterocycles. The highest BCUT2D eigenvalue weighted by Gasteiger charge is 2.20. The molecule has 0 heterocycles. The van der Waals surface area contributed by atoms with Gasteiger partial charge in [-0.15, -0.1) is 0 Å². The zero-order valence-electron chi connectivity index (χ0n) is 8.10. The first-order valence-corrected chi connectivity index (χ1v) is 4.17. The highest BCUT2D eigenvalue weighted by Crippen LogP contribution is 2.26. The number of hydrogen-bond donors (Lipinski definition) is 2. The minimum atomic E-state index is -1.08. The Bertz CT molecular complexity index is 423. The Balaban J connectivity index is 3.16. The molecule has 1 atom stereocenters. The van der Waals surface area contributed by atoms with E-state index in [1.165, 1.54) is 25.3 Å². The van der Waals surface area contributed by atoms with Crippen LogP contribution < -0.4 is 5.73 Å². The monoisotopic (exact) mass is 206 g/mol. The number of rotatable bonds is 2. The molecule has 0 spiro atoms. The Labute approximate surface area is 86.7 Å². The minimum Gasteiger partial charge on any atom is -0.506 e. The molecular weight excluding hydrogens is 196 g/mol. The lowest BCUT2D eigenvalue weighted by atomic mass is 10.0. The van der Waals surface area contributed by atoms with E-state index in [0.29, 0.717) is 0 Å². The van der Waals surface area contributed by atoms with Crippen LogP contribution in [-0.2, 0) is 9.53 Å². The van der Waals surface area contributed by atoms with Gasteiger partial charge in [0.25, 0.3) is 0 Å². The molecule has 0 unspecified atom stereocenters. The number of phenolic OH excluding ortho intramolecular Hbond substituents is 1. The molecule has 0 aliphatic carbocycles. The quantitative estimate of drug-likeness (QED) is 0.684. The molecular formula is C10H10N2O3. The number of benzene rings is 1. The van der Waals surface area contributed by atoms with Crippen LogP contribution in [0.15, 0.2) is 18.2 Å². The first-order valence-electron chi connectivity index (χ1n) is 4.17. The van der Waals surface area contributed by atoms with E-state index in [2.05, 4.69) is 4.74 Å². The molecule has 1 aromatic rings. The second-order valence-electron chi connectivity index (χ2n) is 2.86. The number of nitrogens with two attached hydrogens (primary N) is 1. The van der Waals surface area contributed by atoms with Crippen molar-refractivity contribution in [2.75, 3.05) is 7.11 Å². The van der Waals surface area contributed by atoms with Gasteiger partial charge in [0.1, 0.15) is 17.9 Å². The van der Waals surface area contributed by atoms with Gasteiger partial charge in [0.15, 0.2) is 0 Å². The van der Waals surface area contributed by atoms with Crippen molar-refractivity contribution in [3.8, 4) is 11.8 Å². The first kappa shape index (κ1) is 11.0. The van der Waals surface area contributed by atoms with Crippen molar-refractivity contribution in [2.45, 2.75) is 6.04 Å². The van der Waals surface area contributed by atoms with Crippen LogP contribution in [0.25, 0.3) is 0 Å². The maximum atomic E-state index is 11.1. The van der Waals surface area contributed by atoms with Gasteiger partial charge < -0.3 is 15.6 Å². The molecule has 0 fully saturated rings. The van der Waals surface area contributed by atoms with Crippen LogP contribution in [0, 0.1) is 11.3 Å². The van der Waals surface area contributed by atoms with Crippen molar-refractivity contribution >= 4 is 5.97 Å². The van der Waals surface area contributed by atoms with Crippen LogP contribution in [0.2, 0.25) is 0 Å². The molecule has 1 aromatic carbocycles. The fourth-order valence-electron chi connectivity index (χ4n) is 1.16. The van der Waals surface area contributed by atoms with Gasteiger partial charge in [0.05, 0.1) is 12.7 Å². The third kappa shape index (κ3) is 2.06. The van der Waals surface area contributed by atoms with E-state index in [1.54, 1.807) is 6.07 Å². The molecule has 5 nitrogen and oxygen atoms in total. The van der Waals surface area contributed by atoms with Crippen molar-refractivity contribution in [2.24, 2.45) is 5.73 Å². The molecule has 0 aromatic heterocycles. The summed E-state index contributed by atoms with van der Waals surface area (Å²) in [6.07, 6.45) is 0. The number of para-hydroxylation sites is 1. The Hall–Kier alpha value is -2.06. The molecule has 3 N–H and O–H groups in total. The summed E-state index contributed by atoms with van der Waals surface area (Å²) < 4.78 is 4.44. The summed E-state index contributed by atoms with van der Waals surface area (Å²) in [5, 5.41) is 18.2. The predicted octanol–water partition coefficient (Wildman–Crippen LogP) is 0.437. The van der Waals surface area contributed by atoms with Crippen LogP contribution in [0.1, 0.15) is 17.2 Å². The highest BCUT2D eigenvalue weighted by molar-refractivity contribution is 5.78. The molecule has 5 heteroatoms. The average Bonchev–Trinajstić information content (AvgIpc) is 2.27. The Kier molecular flexibility index (Phi) is 3.26. The summed E-state index contributed by atoms with van der Waals surface area (Å²) in [5.41, 5.74) is 5.79. The predicted molar refractivity (Wildman–Crippen MR) is 51.8 cm³/mol. The van der Waals surface area contributed by atoms with Crippen molar-refractivity contribution in [3.63, 3.8) is 0 Å². The number of ether oxygens (including phenoxy) is 1. The smallest absolute Gasteiger partial charge is 0.327 e. The Morgan fingerprint density at radius 3 is 2.87 bits per heavy atom. The third-order valence-corrected chi connectivity index (χ3v) is 1.98. The summed E-state index contributed by atoms with van der Waals surface area (Å²) in [4.78, 5) is 11.1. The van der Waals surface area contributed by atoms with Crippen LogP contribution in [0.3, 0.4) is 0 Å². The molecule has 0 radical (unpaired) electrons. The summed E-state index contributed by atoms with van der Waals surface area (Å²) >= 11 is 0. The lowest BCUT2D eigenvalue weighted by molar-refractivity contribution is -0.142. The van der Waals surface area contributed by atoms with Gasteiger partial charge in [0, 0.05) is 5.56 Å². The van der Waals surface area contributed by atoms with Crippen LogP contribution in [0.5, 0.6) is 5.75 Å². The maximum Gasteiger partial charge on any atom is 0.327 e. The summed E-state index contributed by atoms with van der Waals surface area (Å²) in [7, 11) is 1.20. The van der Waals surface area contributed by atoms with Gasteiger partial charge in [0.2, 0.25) is 0 Å². The second kappa shape index (κ2) is 4.44. The SMILES string of the molecule is COC(=O)[C@@H](N)c1cccc(C#N)c1O. The molecule has 1 rings (SSSR count).